The van der Waals surface area contributed by atoms with E-state index in [1.165, 1.54) is 25.3 Å². The van der Waals surface area contributed by atoms with Gasteiger partial charge in [0.05, 0.1) is 5.70 Å². The maximum atomic E-state index is 14.1. The Morgan fingerprint density at radius 3 is 2.41 bits per heavy atom. The molecule has 2 rings (SSSR count). The first-order valence-electron chi connectivity index (χ1n) is 8.68. The van der Waals surface area contributed by atoms with Gasteiger partial charge in [0, 0.05) is 51.5 Å². The molecule has 0 unspecified atom stereocenters. The third-order valence-electron chi connectivity index (χ3n) is 4.62. The van der Waals surface area contributed by atoms with E-state index in [0.717, 1.165) is 19.2 Å². The number of hydrogen-bond donors (Lipinski definition) is 3. The Kier molecular flexibility index (Phi) is 6.57. The molecule has 1 fully saturated rings. The summed E-state index contributed by atoms with van der Waals surface area (Å²) in [5.74, 6) is -1.20. The van der Waals surface area contributed by atoms with Crippen molar-refractivity contribution in [1.82, 2.24) is 15.1 Å². The molecule has 1 saturated heterocycles. The van der Waals surface area contributed by atoms with Gasteiger partial charge in [0.15, 0.2) is 0 Å². The van der Waals surface area contributed by atoms with E-state index in [9.17, 15) is 14.0 Å². The van der Waals surface area contributed by atoms with E-state index in [1.807, 2.05) is 7.05 Å². The fraction of sp³-hybridized carbons (Fsp3) is 0.368. The third-order valence-corrected chi connectivity index (χ3v) is 4.62. The van der Waals surface area contributed by atoms with Crippen LogP contribution in [0.2, 0.25) is 0 Å². The van der Waals surface area contributed by atoms with Crippen LogP contribution in [0, 0.1) is 12.7 Å². The van der Waals surface area contributed by atoms with Crippen molar-refractivity contribution in [3.63, 3.8) is 0 Å². The molecule has 2 amide bonds. The molecule has 0 atom stereocenters. The molecular weight excluding hydrogens is 349 g/mol. The zero-order chi connectivity index (χ0) is 20.1. The summed E-state index contributed by atoms with van der Waals surface area (Å²) < 4.78 is 14.1. The van der Waals surface area contributed by atoms with Crippen molar-refractivity contribution in [2.75, 3.05) is 40.3 Å². The highest BCUT2D eigenvalue weighted by atomic mass is 19.1. The van der Waals surface area contributed by atoms with E-state index in [2.05, 4.69) is 10.2 Å². The molecule has 0 saturated carbocycles. The van der Waals surface area contributed by atoms with Gasteiger partial charge in [-0.05, 0) is 43.8 Å². The van der Waals surface area contributed by atoms with Crippen LogP contribution in [0.25, 0.3) is 5.70 Å². The zero-order valence-electron chi connectivity index (χ0n) is 15.9. The van der Waals surface area contributed by atoms with Gasteiger partial charge in [0.1, 0.15) is 5.82 Å². The molecule has 5 N–H and O–H groups in total. The zero-order valence-corrected chi connectivity index (χ0v) is 15.9. The average Bonchev–Trinajstić information content (AvgIpc) is 2.67. The molecule has 0 aliphatic carbocycles. The molecule has 0 bridgehead atoms. The van der Waals surface area contributed by atoms with Crippen LogP contribution in [0.3, 0.4) is 0 Å². The van der Waals surface area contributed by atoms with Crippen molar-refractivity contribution in [2.45, 2.75) is 6.92 Å². The number of carbonyl (C=O) groups excluding carboxylic acids is 2. The number of nitrogens with one attached hydrogen (secondary N) is 1. The van der Waals surface area contributed by atoms with Crippen molar-refractivity contribution in [2.24, 2.45) is 11.5 Å². The maximum Gasteiger partial charge on any atom is 0.269 e. The van der Waals surface area contributed by atoms with Crippen molar-refractivity contribution in [3.05, 3.63) is 52.5 Å². The molecule has 1 aliphatic heterocycles. The molecule has 1 heterocycles. The lowest BCUT2D eigenvalue weighted by Gasteiger charge is -2.32. The first kappa shape index (κ1) is 20.4. The molecule has 1 aromatic carbocycles. The molecule has 148 valence electrons. The van der Waals surface area contributed by atoms with Gasteiger partial charge in [-0.1, -0.05) is 0 Å². The largest absolute Gasteiger partial charge is 0.398 e. The van der Waals surface area contributed by atoms with Gasteiger partial charge in [0.25, 0.3) is 11.8 Å². The summed E-state index contributed by atoms with van der Waals surface area (Å²) in [6, 6.07) is 2.67. The van der Waals surface area contributed by atoms with Crippen LogP contribution in [-0.4, -0.2) is 61.9 Å². The number of benzene rings is 1. The van der Waals surface area contributed by atoms with E-state index in [4.69, 9.17) is 11.5 Å². The molecular formula is C19H28FN5O2. The highest BCUT2D eigenvalue weighted by Crippen LogP contribution is 2.21. The molecule has 27 heavy (non-hydrogen) atoms. The van der Waals surface area contributed by atoms with Crippen molar-refractivity contribution < 1.29 is 15.4 Å². The van der Waals surface area contributed by atoms with Crippen molar-refractivity contribution >= 4 is 17.5 Å². The Bertz CT molecular complexity index is 802. The van der Waals surface area contributed by atoms with Gasteiger partial charge in [-0.3, -0.25) is 9.59 Å². The van der Waals surface area contributed by atoms with Crippen LogP contribution >= 0.6 is 0 Å². The summed E-state index contributed by atoms with van der Waals surface area (Å²) in [4.78, 5) is 28.0. The second-order valence-corrected chi connectivity index (χ2v) is 6.55. The Morgan fingerprint density at radius 2 is 1.81 bits per heavy atom. The monoisotopic (exact) mass is 377 g/mol. The molecule has 0 radical (unpaired) electrons. The molecule has 0 spiro atoms. The van der Waals surface area contributed by atoms with Crippen LogP contribution in [0.15, 0.2) is 30.0 Å². The number of halogens is 1. The average molecular weight is 377 g/mol. The predicted octanol–water partition coefficient (Wildman–Crippen LogP) is 0.656. The normalized spacial score (nSPS) is 16.4. The maximum absolute atomic E-state index is 14.1. The number of amides is 2. The van der Waals surface area contributed by atoms with E-state index in [1.54, 1.807) is 11.8 Å². The van der Waals surface area contributed by atoms with Crippen LogP contribution in [0.1, 0.15) is 22.9 Å². The summed E-state index contributed by atoms with van der Waals surface area (Å²) in [7, 11) is 3.46. The van der Waals surface area contributed by atoms with Crippen LogP contribution in [-0.2, 0) is 4.79 Å². The minimum Gasteiger partial charge on any atom is -0.398 e. The summed E-state index contributed by atoms with van der Waals surface area (Å²) in [5.41, 5.74) is 13.1. The third kappa shape index (κ3) is 4.85. The lowest BCUT2D eigenvalue weighted by atomic mass is 10.0. The molecule has 0 aromatic heterocycles. The van der Waals surface area contributed by atoms with Crippen LogP contribution in [0.5, 0.6) is 0 Å². The summed E-state index contributed by atoms with van der Waals surface area (Å²) >= 11 is 0. The number of likely N-dealkylation sites (N-methyl/N-ethyl adjacent to an activating group) is 1. The first-order chi connectivity index (χ1) is 12.7. The number of piperazine rings is 1. The van der Waals surface area contributed by atoms with Gasteiger partial charge in [-0.15, -0.1) is 0 Å². The SMILES string of the molecule is CNC(=O)c1cc(F)c(C)c(/C(N)=C/C=C(\N)C(=O)N2CCN(C)CC2)c1.[HH]. The minimum absolute atomic E-state index is 0. The molecule has 1 aliphatic rings. The smallest absolute Gasteiger partial charge is 0.269 e. The lowest BCUT2D eigenvalue weighted by molar-refractivity contribution is -0.128. The number of nitrogens with zero attached hydrogens (tertiary/aromatic N) is 2. The topological polar surface area (TPSA) is 105 Å². The number of hydrogen-bond acceptors (Lipinski definition) is 5. The number of rotatable bonds is 4. The van der Waals surface area contributed by atoms with E-state index < -0.39 is 11.7 Å². The highest BCUT2D eigenvalue weighted by molar-refractivity contribution is 5.95. The molecule has 7 nitrogen and oxygen atoms in total. The van der Waals surface area contributed by atoms with Gasteiger partial charge >= 0.3 is 0 Å². The minimum atomic E-state index is -0.534. The standard InChI is InChI=1S/C19H26FN5O2.H2/c1-12-14(10-13(11-15(12)20)18(26)23-2)16(21)4-5-17(22)19(27)25-8-6-24(3)7-9-25;/h4-5,10-11H,6-9,21-22H2,1-3H3,(H,23,26);1H/b16-4-,17-5-;. The van der Waals surface area contributed by atoms with Crippen LogP contribution < -0.4 is 16.8 Å². The Labute approximate surface area is 160 Å². The molecule has 1 aromatic rings. The van der Waals surface area contributed by atoms with E-state index in [0.29, 0.717) is 24.2 Å². The first-order valence-corrected chi connectivity index (χ1v) is 8.68. The second-order valence-electron chi connectivity index (χ2n) is 6.55. The van der Waals surface area contributed by atoms with Crippen molar-refractivity contribution in [1.29, 1.82) is 0 Å². The fourth-order valence-corrected chi connectivity index (χ4v) is 2.79. The number of nitrogens with two attached hydrogens (primary N) is 2. The van der Waals surface area contributed by atoms with Gasteiger partial charge in [-0.2, -0.15) is 0 Å². The summed E-state index contributed by atoms with van der Waals surface area (Å²) in [5, 5.41) is 2.45. The van der Waals surface area contributed by atoms with Gasteiger partial charge in [-0.25, -0.2) is 4.39 Å². The highest BCUT2D eigenvalue weighted by Gasteiger charge is 2.20. The Balaban J connectivity index is 0.00000392. The Morgan fingerprint density at radius 1 is 1.19 bits per heavy atom. The number of carbonyl (C=O) groups is 2. The second kappa shape index (κ2) is 8.68. The molecule has 8 heteroatoms. The summed E-state index contributed by atoms with van der Waals surface area (Å²) in [6.07, 6.45) is 2.87. The van der Waals surface area contributed by atoms with Crippen LogP contribution in [0.4, 0.5) is 4.39 Å². The fourth-order valence-electron chi connectivity index (χ4n) is 2.79. The van der Waals surface area contributed by atoms with E-state index >= 15 is 0 Å². The quantitative estimate of drug-likeness (QED) is 0.528. The predicted molar refractivity (Wildman–Crippen MR) is 105 cm³/mol. The Hall–Kier alpha value is -2.87. The van der Waals surface area contributed by atoms with Gasteiger partial charge < -0.3 is 26.6 Å². The lowest BCUT2D eigenvalue weighted by Crippen LogP contribution is -2.48. The summed E-state index contributed by atoms with van der Waals surface area (Å²) in [6.45, 7) is 4.38. The number of allylic oxidation sites excluding steroid dienone is 2. The van der Waals surface area contributed by atoms with Gasteiger partial charge in [0.2, 0.25) is 0 Å². The van der Waals surface area contributed by atoms with E-state index in [-0.39, 0.29) is 24.3 Å². The van der Waals surface area contributed by atoms with Crippen molar-refractivity contribution in [3.8, 4) is 0 Å².